The Bertz CT molecular complexity index is 1080. The van der Waals surface area contributed by atoms with Crippen LogP contribution in [0.25, 0.3) is 11.1 Å². The molecule has 2 fully saturated rings. The lowest BCUT2D eigenvalue weighted by Gasteiger charge is -2.30. The third-order valence-corrected chi connectivity index (χ3v) is 10.1. The number of benzene rings is 2. The Hall–Kier alpha value is -2.37. The van der Waals surface area contributed by atoms with Crippen molar-refractivity contribution in [1.82, 2.24) is 0 Å². The van der Waals surface area contributed by atoms with E-state index >= 15 is 0 Å². The lowest BCUT2D eigenvalue weighted by molar-refractivity contribution is -0.204. The summed E-state index contributed by atoms with van der Waals surface area (Å²) in [6, 6.07) is 17.1. The first-order valence-corrected chi connectivity index (χ1v) is 18.7. The van der Waals surface area contributed by atoms with E-state index < -0.39 is 0 Å². The van der Waals surface area contributed by atoms with Gasteiger partial charge in [-0.3, -0.25) is 4.79 Å². The molecule has 256 valence electrons. The largest absolute Gasteiger partial charge is 0.494 e. The van der Waals surface area contributed by atoms with Gasteiger partial charge >= 0.3 is 5.97 Å². The molecule has 46 heavy (non-hydrogen) atoms. The molecule has 5 heteroatoms. The van der Waals surface area contributed by atoms with E-state index in [0.717, 1.165) is 76.4 Å². The van der Waals surface area contributed by atoms with Crippen LogP contribution in [0.4, 0.5) is 0 Å². The zero-order chi connectivity index (χ0) is 32.4. The highest BCUT2D eigenvalue weighted by atomic mass is 16.7. The summed E-state index contributed by atoms with van der Waals surface area (Å²) in [5, 5.41) is 0. The maximum atomic E-state index is 12.6. The summed E-state index contributed by atoms with van der Waals surface area (Å²) in [5.41, 5.74) is 3.74. The lowest BCUT2D eigenvalue weighted by Crippen LogP contribution is -2.32. The van der Waals surface area contributed by atoms with Crippen LogP contribution in [0.1, 0.15) is 129 Å². The molecule has 1 heterocycles. The minimum absolute atomic E-state index is 0.0271. The van der Waals surface area contributed by atoms with Crippen molar-refractivity contribution in [2.45, 2.75) is 142 Å². The molecule has 0 bridgehead atoms. The van der Waals surface area contributed by atoms with E-state index in [1.807, 2.05) is 0 Å². The molecule has 0 N–H and O–H groups in total. The van der Waals surface area contributed by atoms with Gasteiger partial charge in [-0.25, -0.2) is 0 Å². The third kappa shape index (κ3) is 13.4. The van der Waals surface area contributed by atoms with Gasteiger partial charge in [0.15, 0.2) is 6.29 Å². The lowest BCUT2D eigenvalue weighted by atomic mass is 9.79. The van der Waals surface area contributed by atoms with Crippen LogP contribution in [0.5, 0.6) is 5.75 Å². The minimum atomic E-state index is -0.0271. The Balaban J connectivity index is 0.945. The molecule has 0 aromatic heterocycles. The highest BCUT2D eigenvalue weighted by Crippen LogP contribution is 2.33. The van der Waals surface area contributed by atoms with Gasteiger partial charge in [-0.15, -0.1) is 0 Å². The van der Waals surface area contributed by atoms with Crippen molar-refractivity contribution in [3.8, 4) is 16.9 Å². The third-order valence-electron chi connectivity index (χ3n) is 10.1. The molecule has 2 aliphatic rings. The summed E-state index contributed by atoms with van der Waals surface area (Å²) in [6.07, 6.45) is 19.5. The smallest absolute Gasteiger partial charge is 0.309 e. The molecule has 1 atom stereocenters. The van der Waals surface area contributed by atoms with Crippen molar-refractivity contribution in [2.24, 2.45) is 17.8 Å². The van der Waals surface area contributed by atoms with Crippen LogP contribution in [0.15, 0.2) is 48.5 Å². The van der Waals surface area contributed by atoms with Gasteiger partial charge in [-0.1, -0.05) is 93.8 Å². The molecule has 2 aromatic carbocycles. The van der Waals surface area contributed by atoms with Crippen molar-refractivity contribution in [3.05, 3.63) is 54.1 Å². The fourth-order valence-electron chi connectivity index (χ4n) is 6.95. The van der Waals surface area contributed by atoms with Gasteiger partial charge in [0.05, 0.1) is 31.8 Å². The molecule has 1 saturated carbocycles. The van der Waals surface area contributed by atoms with Crippen LogP contribution >= 0.6 is 0 Å². The van der Waals surface area contributed by atoms with Crippen LogP contribution in [-0.4, -0.2) is 38.2 Å². The van der Waals surface area contributed by atoms with Crippen molar-refractivity contribution in [3.63, 3.8) is 0 Å². The molecule has 1 unspecified atom stereocenters. The van der Waals surface area contributed by atoms with Crippen LogP contribution in [-0.2, 0) is 19.0 Å². The number of hydrogen-bond donors (Lipinski definition) is 0. The van der Waals surface area contributed by atoms with Gasteiger partial charge in [0.25, 0.3) is 0 Å². The van der Waals surface area contributed by atoms with Crippen LogP contribution in [0, 0.1) is 24.7 Å². The molecular formula is C41H62O5. The first kappa shape index (κ1) is 36.5. The second-order valence-electron chi connectivity index (χ2n) is 14.1. The molecule has 0 amide bonds. The highest BCUT2D eigenvalue weighted by molar-refractivity contribution is 5.72. The minimum Gasteiger partial charge on any atom is -0.494 e. The normalized spacial score (nSPS) is 22.3. The van der Waals surface area contributed by atoms with Crippen LogP contribution in [0.3, 0.4) is 0 Å². The van der Waals surface area contributed by atoms with Gasteiger partial charge in [0.2, 0.25) is 0 Å². The molecule has 0 radical (unpaired) electrons. The van der Waals surface area contributed by atoms with Crippen molar-refractivity contribution in [1.29, 1.82) is 0 Å². The van der Waals surface area contributed by atoms with Crippen molar-refractivity contribution in [2.75, 3.05) is 19.8 Å². The van der Waals surface area contributed by atoms with E-state index in [9.17, 15) is 4.79 Å². The van der Waals surface area contributed by atoms with E-state index in [4.69, 9.17) is 18.9 Å². The zero-order valence-corrected chi connectivity index (χ0v) is 29.2. The van der Waals surface area contributed by atoms with Gasteiger partial charge in [0, 0.05) is 5.92 Å². The maximum Gasteiger partial charge on any atom is 0.309 e. The fraction of sp³-hybridized carbons (Fsp3) is 0.683. The quantitative estimate of drug-likeness (QED) is 0.107. The molecular weight excluding hydrogens is 572 g/mol. The Labute approximate surface area is 280 Å². The van der Waals surface area contributed by atoms with Crippen LogP contribution < -0.4 is 4.74 Å². The summed E-state index contributed by atoms with van der Waals surface area (Å²) in [5.74, 6) is 2.43. The summed E-state index contributed by atoms with van der Waals surface area (Å²) < 4.78 is 23.9. The molecule has 2 aromatic rings. The molecule has 0 spiro atoms. The number of esters is 1. The SMILES string of the molecule is CCCCCC(C)OC(=O)C1CCC(CCCCC2COC(CCCCCCOc3ccc(-c4ccc(C)cc4)cc3)OC2)CC1. The van der Waals surface area contributed by atoms with Gasteiger partial charge in [-0.05, 0) is 107 Å². The summed E-state index contributed by atoms with van der Waals surface area (Å²) in [6.45, 7) is 8.81. The molecule has 1 saturated heterocycles. The van der Waals surface area contributed by atoms with Gasteiger partial charge < -0.3 is 18.9 Å². The van der Waals surface area contributed by atoms with E-state index in [1.54, 1.807) is 0 Å². The van der Waals surface area contributed by atoms with E-state index in [1.165, 1.54) is 80.9 Å². The summed E-state index contributed by atoms with van der Waals surface area (Å²) in [7, 11) is 0. The van der Waals surface area contributed by atoms with Gasteiger partial charge in [0.1, 0.15) is 5.75 Å². The molecule has 5 nitrogen and oxygen atoms in total. The molecule has 4 rings (SSSR count). The average Bonchev–Trinajstić information content (AvgIpc) is 3.08. The number of aryl methyl sites for hydroxylation is 1. The van der Waals surface area contributed by atoms with Gasteiger partial charge in [-0.2, -0.15) is 0 Å². The number of carbonyl (C=O) groups excluding carboxylic acids is 1. The number of unbranched alkanes of at least 4 members (excludes halogenated alkanes) is 6. The van der Waals surface area contributed by atoms with Crippen molar-refractivity contribution < 1.29 is 23.7 Å². The predicted octanol–water partition coefficient (Wildman–Crippen LogP) is 10.9. The Morgan fingerprint density at radius 1 is 0.739 bits per heavy atom. The first-order chi connectivity index (χ1) is 22.5. The second-order valence-corrected chi connectivity index (χ2v) is 14.1. The Kier molecular flexibility index (Phi) is 16.5. The zero-order valence-electron chi connectivity index (χ0n) is 29.2. The predicted molar refractivity (Wildman–Crippen MR) is 188 cm³/mol. The summed E-state index contributed by atoms with van der Waals surface area (Å²) in [4.78, 5) is 12.6. The molecule has 1 aliphatic heterocycles. The number of carbonyl (C=O) groups is 1. The topological polar surface area (TPSA) is 54.0 Å². The highest BCUT2D eigenvalue weighted by Gasteiger charge is 2.28. The number of rotatable bonds is 20. The number of ether oxygens (including phenoxy) is 4. The standard InChI is InChI=1S/C41H62O5/c1-4-5-8-13-33(3)46-41(42)38-23-19-34(20-24-38)14-10-11-15-35-30-44-40(45-31-35)16-9-6-7-12-29-43-39-27-25-37(26-28-39)36-21-17-32(2)18-22-36/h17-18,21-22,25-28,33-35,38,40H,4-16,19-20,23-24,29-31H2,1-3H3. The summed E-state index contributed by atoms with van der Waals surface area (Å²) >= 11 is 0. The number of hydrogen-bond acceptors (Lipinski definition) is 5. The second kappa shape index (κ2) is 20.8. The van der Waals surface area contributed by atoms with E-state index in [2.05, 4.69) is 69.3 Å². The Morgan fingerprint density at radius 2 is 1.35 bits per heavy atom. The van der Waals surface area contributed by atoms with E-state index in [-0.39, 0.29) is 24.3 Å². The Morgan fingerprint density at radius 3 is 2.02 bits per heavy atom. The molecule has 1 aliphatic carbocycles. The first-order valence-electron chi connectivity index (χ1n) is 18.7. The van der Waals surface area contributed by atoms with Crippen LogP contribution in [0.2, 0.25) is 0 Å². The monoisotopic (exact) mass is 634 g/mol. The fourth-order valence-corrected chi connectivity index (χ4v) is 6.95. The average molecular weight is 635 g/mol. The maximum absolute atomic E-state index is 12.6. The van der Waals surface area contributed by atoms with E-state index in [0.29, 0.717) is 5.92 Å². The van der Waals surface area contributed by atoms with Crippen molar-refractivity contribution >= 4 is 5.97 Å².